The number of methoxy groups -OCH3 is 1. The summed E-state index contributed by atoms with van der Waals surface area (Å²) >= 11 is 0. The van der Waals surface area contributed by atoms with E-state index < -0.39 is 20.0 Å². The van der Waals surface area contributed by atoms with E-state index in [4.69, 9.17) is 13.9 Å². The first-order valence-electron chi connectivity index (χ1n) is 12.8. The topological polar surface area (TPSA) is 120 Å². The molecule has 10 nitrogen and oxygen atoms in total. The number of benzene rings is 2. The molecule has 39 heavy (non-hydrogen) atoms. The van der Waals surface area contributed by atoms with E-state index in [1.54, 1.807) is 31.2 Å². The van der Waals surface area contributed by atoms with E-state index in [2.05, 4.69) is 54.1 Å². The summed E-state index contributed by atoms with van der Waals surface area (Å²) in [5, 5.41) is 3.30. The molecule has 206 valence electrons. The highest BCUT2D eigenvalue weighted by atomic mass is 28.4. The van der Waals surface area contributed by atoms with Crippen molar-refractivity contribution in [2.45, 2.75) is 52.4 Å². The first kappa shape index (κ1) is 28.1. The number of anilines is 2. The molecule has 0 fully saturated rings. The quantitative estimate of drug-likeness (QED) is 0.206. The van der Waals surface area contributed by atoms with Crippen LogP contribution in [-0.2, 0) is 15.8 Å². The SMILES string of the molecule is CCOC(=O)c1nc(Nc2ccccc2CO[Si](C)(C)C(C)(C)C)nc2c1[nH]c(=O)n2-c1ccccc1OC. The van der Waals surface area contributed by atoms with Gasteiger partial charge in [0.1, 0.15) is 11.3 Å². The second kappa shape index (κ2) is 11.0. The number of carbonyl (C=O) groups excluding carboxylic acids is 1. The molecule has 0 radical (unpaired) electrons. The van der Waals surface area contributed by atoms with Crippen molar-refractivity contribution in [3.63, 3.8) is 0 Å². The molecule has 0 amide bonds. The van der Waals surface area contributed by atoms with Crippen molar-refractivity contribution in [3.8, 4) is 11.4 Å². The summed E-state index contributed by atoms with van der Waals surface area (Å²) in [7, 11) is -0.476. The molecule has 2 aromatic carbocycles. The molecule has 0 aliphatic carbocycles. The molecule has 4 aromatic rings. The maximum Gasteiger partial charge on any atom is 0.359 e. The van der Waals surface area contributed by atoms with Gasteiger partial charge in [-0.3, -0.25) is 0 Å². The largest absolute Gasteiger partial charge is 0.495 e. The average molecular weight is 550 g/mol. The van der Waals surface area contributed by atoms with Crippen LogP contribution in [0, 0.1) is 0 Å². The van der Waals surface area contributed by atoms with Gasteiger partial charge >= 0.3 is 11.7 Å². The van der Waals surface area contributed by atoms with Crippen LogP contribution in [0.5, 0.6) is 5.75 Å². The number of nitrogens with zero attached hydrogens (tertiary/aromatic N) is 3. The summed E-state index contributed by atoms with van der Waals surface area (Å²) < 4.78 is 18.5. The lowest BCUT2D eigenvalue weighted by Crippen LogP contribution is -2.40. The second-order valence-corrected chi connectivity index (χ2v) is 15.4. The van der Waals surface area contributed by atoms with Gasteiger partial charge < -0.3 is 24.2 Å². The molecule has 11 heteroatoms. The molecule has 0 bridgehead atoms. The fourth-order valence-electron chi connectivity index (χ4n) is 3.79. The molecule has 0 aliphatic rings. The first-order chi connectivity index (χ1) is 18.5. The van der Waals surface area contributed by atoms with Crippen molar-refractivity contribution in [1.29, 1.82) is 0 Å². The van der Waals surface area contributed by atoms with E-state index in [0.717, 1.165) is 11.3 Å². The van der Waals surface area contributed by atoms with Crippen molar-refractivity contribution in [2.24, 2.45) is 0 Å². The minimum Gasteiger partial charge on any atom is -0.495 e. The number of rotatable bonds is 9. The van der Waals surface area contributed by atoms with Crippen LogP contribution >= 0.6 is 0 Å². The Morgan fingerprint density at radius 1 is 1.08 bits per heavy atom. The zero-order chi connectivity index (χ0) is 28.4. The summed E-state index contributed by atoms with van der Waals surface area (Å²) in [5.74, 6) is -0.0664. The molecule has 0 atom stereocenters. The number of fused-ring (bicyclic) bond motifs is 1. The Balaban J connectivity index is 1.82. The number of H-pyrrole nitrogens is 1. The van der Waals surface area contributed by atoms with Gasteiger partial charge in [-0.05, 0) is 48.8 Å². The Hall–Kier alpha value is -3.96. The van der Waals surface area contributed by atoms with E-state index in [9.17, 15) is 9.59 Å². The Morgan fingerprint density at radius 3 is 2.46 bits per heavy atom. The smallest absolute Gasteiger partial charge is 0.359 e. The van der Waals surface area contributed by atoms with Crippen molar-refractivity contribution >= 4 is 37.1 Å². The predicted octanol–water partition coefficient (Wildman–Crippen LogP) is 5.56. The standard InChI is InChI=1S/C28H35N5O5Si/c1-8-37-25(34)23-22-24(33(27(35)31-22)20-15-11-12-16-21(20)36-5)32-26(30-23)29-19-14-10-9-13-18(19)17-38-39(6,7)28(2,3)4/h9-16H,8,17H2,1-7H3,(H,31,35)(H,29,30,32). The van der Waals surface area contributed by atoms with Gasteiger partial charge in [0.2, 0.25) is 5.95 Å². The Labute approximate surface area is 228 Å². The molecule has 0 saturated carbocycles. The Kier molecular flexibility index (Phi) is 7.93. The van der Waals surface area contributed by atoms with Crippen LogP contribution in [0.2, 0.25) is 18.1 Å². The number of aromatic nitrogens is 4. The van der Waals surface area contributed by atoms with Gasteiger partial charge in [-0.2, -0.15) is 4.98 Å². The van der Waals surface area contributed by atoms with Crippen molar-refractivity contribution in [2.75, 3.05) is 19.0 Å². The van der Waals surface area contributed by atoms with Crippen molar-refractivity contribution in [3.05, 3.63) is 70.3 Å². The molecule has 0 saturated heterocycles. The highest BCUT2D eigenvalue weighted by Crippen LogP contribution is 2.37. The highest BCUT2D eigenvalue weighted by Gasteiger charge is 2.37. The lowest BCUT2D eigenvalue weighted by molar-refractivity contribution is 0.0522. The molecule has 4 rings (SSSR count). The van der Waals surface area contributed by atoms with Crippen molar-refractivity contribution in [1.82, 2.24) is 19.5 Å². The van der Waals surface area contributed by atoms with Gasteiger partial charge in [-0.25, -0.2) is 19.1 Å². The van der Waals surface area contributed by atoms with Crippen molar-refractivity contribution < 1.29 is 18.7 Å². The molecular formula is C28H35N5O5Si. The number of carbonyl (C=O) groups is 1. The number of nitrogens with one attached hydrogen (secondary N) is 2. The number of imidazole rings is 1. The maximum absolute atomic E-state index is 13.1. The van der Waals surface area contributed by atoms with Crippen LogP contribution in [0.4, 0.5) is 11.6 Å². The minimum atomic E-state index is -2.00. The average Bonchev–Trinajstić information content (AvgIpc) is 3.22. The summed E-state index contributed by atoms with van der Waals surface area (Å²) in [6.07, 6.45) is 0. The van der Waals surface area contributed by atoms with E-state index in [-0.39, 0.29) is 34.5 Å². The minimum absolute atomic E-state index is 0.0508. The number of aromatic amines is 1. The van der Waals surface area contributed by atoms with Crippen LogP contribution in [-0.4, -0.2) is 47.5 Å². The molecule has 2 aromatic heterocycles. The first-order valence-corrected chi connectivity index (χ1v) is 15.7. The Morgan fingerprint density at radius 2 is 1.77 bits per heavy atom. The molecule has 2 N–H and O–H groups in total. The molecule has 0 unspecified atom stereocenters. The van der Waals surface area contributed by atoms with E-state index in [1.807, 2.05) is 24.3 Å². The van der Waals surface area contributed by atoms with Gasteiger partial charge in [-0.15, -0.1) is 0 Å². The number of hydrogen-bond donors (Lipinski definition) is 2. The van der Waals surface area contributed by atoms with E-state index in [0.29, 0.717) is 18.0 Å². The number of para-hydroxylation sites is 3. The third kappa shape index (κ3) is 5.74. The second-order valence-electron chi connectivity index (χ2n) is 10.6. The number of hydrogen-bond acceptors (Lipinski definition) is 8. The third-order valence-electron chi connectivity index (χ3n) is 6.99. The summed E-state index contributed by atoms with van der Waals surface area (Å²) in [5.41, 5.74) is 1.95. The van der Waals surface area contributed by atoms with Crippen LogP contribution in [0.3, 0.4) is 0 Å². The fourth-order valence-corrected chi connectivity index (χ4v) is 4.74. The number of ether oxygens (including phenoxy) is 2. The molecule has 0 aliphatic heterocycles. The molecule has 2 heterocycles. The molecule has 0 spiro atoms. The maximum atomic E-state index is 13.1. The Bertz CT molecular complexity index is 1550. The van der Waals surface area contributed by atoms with Gasteiger partial charge in [0, 0.05) is 5.69 Å². The highest BCUT2D eigenvalue weighted by molar-refractivity contribution is 6.74. The van der Waals surface area contributed by atoms with E-state index in [1.165, 1.54) is 11.7 Å². The summed E-state index contributed by atoms with van der Waals surface area (Å²) in [6.45, 7) is 13.3. The monoisotopic (exact) mass is 549 g/mol. The van der Waals surface area contributed by atoms with E-state index >= 15 is 0 Å². The number of esters is 1. The predicted molar refractivity (Wildman–Crippen MR) is 154 cm³/mol. The lowest BCUT2D eigenvalue weighted by atomic mass is 10.2. The normalized spacial score (nSPS) is 12.0. The van der Waals surface area contributed by atoms with Crippen LogP contribution in [0.25, 0.3) is 16.9 Å². The summed E-state index contributed by atoms with van der Waals surface area (Å²) in [4.78, 5) is 37.8. The molecular weight excluding hydrogens is 514 g/mol. The van der Waals surface area contributed by atoms with Crippen LogP contribution in [0.15, 0.2) is 53.3 Å². The lowest BCUT2D eigenvalue weighted by Gasteiger charge is -2.36. The third-order valence-corrected chi connectivity index (χ3v) is 11.5. The van der Waals surface area contributed by atoms with Gasteiger partial charge in [0.15, 0.2) is 19.7 Å². The summed E-state index contributed by atoms with van der Waals surface area (Å²) in [6, 6.07) is 14.8. The fraction of sp³-hybridized carbons (Fsp3) is 0.357. The van der Waals surface area contributed by atoms with Crippen LogP contribution < -0.4 is 15.7 Å². The van der Waals surface area contributed by atoms with Gasteiger partial charge in [0.05, 0.1) is 26.0 Å². The van der Waals surface area contributed by atoms with Gasteiger partial charge in [-0.1, -0.05) is 51.1 Å². The van der Waals surface area contributed by atoms with Gasteiger partial charge in [0.25, 0.3) is 0 Å². The van der Waals surface area contributed by atoms with Crippen LogP contribution in [0.1, 0.15) is 43.7 Å². The zero-order valence-electron chi connectivity index (χ0n) is 23.4. The zero-order valence-corrected chi connectivity index (χ0v) is 24.4.